The maximum Gasteiger partial charge on any atom is 0.122 e. The first kappa shape index (κ1) is 22.5. The molecule has 3 nitrogen and oxygen atoms in total. The van der Waals surface area contributed by atoms with Gasteiger partial charge in [-0.1, -0.05) is 87.3 Å². The van der Waals surface area contributed by atoms with Crippen molar-refractivity contribution < 1.29 is 33.1 Å². The molecule has 211 valence electrons. The van der Waals surface area contributed by atoms with Gasteiger partial charge in [0.1, 0.15) is 5.75 Å². The molecule has 7 rings (SSSR count). The minimum absolute atomic E-state index is 0. The maximum absolute atomic E-state index is 7.28. The van der Waals surface area contributed by atoms with E-state index in [4.69, 9.17) is 13.0 Å². The minimum Gasteiger partial charge on any atom is -0.501 e. The van der Waals surface area contributed by atoms with E-state index in [9.17, 15) is 0 Å². The third-order valence-electron chi connectivity index (χ3n) is 7.05. The van der Waals surface area contributed by atoms with Gasteiger partial charge in [-0.3, -0.25) is 0 Å². The molecule has 1 aliphatic heterocycles. The van der Waals surface area contributed by atoms with Gasteiger partial charge in [-0.15, -0.1) is 53.6 Å². The molecule has 0 N–H and O–H groups in total. The van der Waals surface area contributed by atoms with Gasteiger partial charge in [0.15, 0.2) is 0 Å². The Morgan fingerprint density at radius 3 is 2.31 bits per heavy atom. The van der Waals surface area contributed by atoms with Crippen molar-refractivity contribution in [1.29, 1.82) is 0 Å². The first-order valence-corrected chi connectivity index (χ1v) is 13.4. The molecule has 4 aromatic carbocycles. The van der Waals surface area contributed by atoms with Crippen LogP contribution in [-0.4, -0.2) is 9.97 Å². The van der Waals surface area contributed by atoms with Gasteiger partial charge in [-0.2, -0.15) is 0 Å². The SMILES string of the molecule is CC(C)(C)c1ccnc(-c2[c-]ccc3c2Oc2cccc4cccc-3c24)c1.[2H]C([2H])([2H])c1c[c-]c(-c2ccc(C([2H])([2H])[2H])cn2)cc1.[Ir]. The number of benzene rings is 4. The van der Waals surface area contributed by atoms with E-state index in [-0.39, 0.29) is 36.6 Å². The number of aromatic nitrogens is 2. The van der Waals surface area contributed by atoms with Crippen LogP contribution < -0.4 is 4.74 Å². The summed E-state index contributed by atoms with van der Waals surface area (Å²) >= 11 is 0. The Balaban J connectivity index is 0.000000193. The largest absolute Gasteiger partial charge is 0.501 e. The quantitative estimate of drug-likeness (QED) is 0.166. The Labute approximate surface area is 270 Å². The number of fused-ring (bicyclic) bond motifs is 2. The second-order valence-corrected chi connectivity index (χ2v) is 11.0. The van der Waals surface area contributed by atoms with Crippen LogP contribution in [0.15, 0.2) is 103 Å². The van der Waals surface area contributed by atoms with Crippen molar-refractivity contribution in [1.82, 2.24) is 9.97 Å². The van der Waals surface area contributed by atoms with Crippen molar-refractivity contribution in [3.63, 3.8) is 0 Å². The summed E-state index contributed by atoms with van der Waals surface area (Å²) in [6.07, 6.45) is 3.18. The van der Waals surface area contributed by atoms with Gasteiger partial charge in [0.25, 0.3) is 0 Å². The number of pyridine rings is 2. The van der Waals surface area contributed by atoms with E-state index in [1.54, 1.807) is 12.1 Å². The fourth-order valence-corrected chi connectivity index (χ4v) is 4.89. The summed E-state index contributed by atoms with van der Waals surface area (Å²) in [7, 11) is 0. The smallest absolute Gasteiger partial charge is 0.122 e. The average molecular weight is 731 g/mol. The number of ether oxygens (including phenoxy) is 1. The van der Waals surface area contributed by atoms with Gasteiger partial charge in [0, 0.05) is 46.1 Å². The molecule has 0 spiro atoms. The second kappa shape index (κ2) is 12.0. The van der Waals surface area contributed by atoms with Crippen LogP contribution in [0.1, 0.15) is 45.7 Å². The van der Waals surface area contributed by atoms with Crippen molar-refractivity contribution in [3.05, 3.63) is 132 Å². The van der Waals surface area contributed by atoms with Crippen LogP contribution in [0.25, 0.3) is 44.4 Å². The number of rotatable bonds is 2. The van der Waals surface area contributed by atoms with E-state index in [0.29, 0.717) is 11.3 Å². The van der Waals surface area contributed by atoms with Gasteiger partial charge in [-0.25, -0.2) is 0 Å². The molecule has 4 heteroatoms. The molecule has 6 aromatic rings. The van der Waals surface area contributed by atoms with Crippen molar-refractivity contribution in [2.24, 2.45) is 0 Å². The summed E-state index contributed by atoms with van der Waals surface area (Å²) in [5.41, 5.74) is 6.95. The van der Waals surface area contributed by atoms with Gasteiger partial charge in [-0.05, 0) is 57.9 Å². The Kier molecular flexibility index (Phi) is 6.43. The van der Waals surface area contributed by atoms with Crippen LogP contribution in [0, 0.1) is 25.8 Å². The zero-order valence-electron chi connectivity index (χ0n) is 29.5. The Hall–Kier alpha value is -4.11. The third kappa shape index (κ3) is 5.92. The average Bonchev–Trinajstić information content (AvgIpc) is 3.04. The number of aryl methyl sites for hydroxylation is 2. The second-order valence-electron chi connectivity index (χ2n) is 11.0. The maximum atomic E-state index is 7.28. The van der Waals surface area contributed by atoms with Crippen LogP contribution in [0.3, 0.4) is 0 Å². The molecule has 42 heavy (non-hydrogen) atoms. The zero-order valence-corrected chi connectivity index (χ0v) is 25.8. The monoisotopic (exact) mass is 731 g/mol. The first-order chi connectivity index (χ1) is 22.2. The summed E-state index contributed by atoms with van der Waals surface area (Å²) < 4.78 is 50.0. The first-order valence-electron chi connectivity index (χ1n) is 16.4. The van der Waals surface area contributed by atoms with E-state index in [1.807, 2.05) is 24.4 Å². The predicted molar refractivity (Wildman–Crippen MR) is 168 cm³/mol. The molecular formula is C38H32IrN2O-2. The van der Waals surface area contributed by atoms with Crippen molar-refractivity contribution >= 4 is 10.8 Å². The summed E-state index contributed by atoms with van der Waals surface area (Å²) in [6.45, 7) is 2.30. The topological polar surface area (TPSA) is 35.0 Å². The van der Waals surface area contributed by atoms with Crippen LogP contribution in [0.4, 0.5) is 0 Å². The summed E-state index contributed by atoms with van der Waals surface area (Å²) in [4.78, 5) is 8.70. The summed E-state index contributed by atoms with van der Waals surface area (Å²) in [5, 5.41) is 2.36. The molecule has 0 aliphatic carbocycles. The normalized spacial score (nSPS) is 14.2. The van der Waals surface area contributed by atoms with E-state index < -0.39 is 13.7 Å². The zero-order chi connectivity index (χ0) is 33.6. The van der Waals surface area contributed by atoms with Gasteiger partial charge < -0.3 is 14.7 Å². The Morgan fingerprint density at radius 1 is 0.786 bits per heavy atom. The third-order valence-corrected chi connectivity index (χ3v) is 7.05. The van der Waals surface area contributed by atoms with Crippen LogP contribution in [0.5, 0.6) is 11.5 Å². The number of hydrogen-bond donors (Lipinski definition) is 0. The molecule has 0 unspecified atom stereocenters. The molecular weight excluding hydrogens is 693 g/mol. The van der Waals surface area contributed by atoms with Gasteiger partial charge in [0.05, 0.1) is 5.75 Å². The summed E-state index contributed by atoms with van der Waals surface area (Å²) in [5.74, 6) is 1.73. The van der Waals surface area contributed by atoms with Crippen molar-refractivity contribution in [3.8, 4) is 45.1 Å². The Bertz CT molecular complexity index is 2010. The molecule has 0 fully saturated rings. The van der Waals surface area contributed by atoms with Gasteiger partial charge in [0.2, 0.25) is 0 Å². The number of nitrogens with zero attached hydrogens (tertiary/aromatic N) is 2. The molecule has 0 bridgehead atoms. The molecule has 1 radical (unpaired) electrons. The van der Waals surface area contributed by atoms with Crippen LogP contribution in [0.2, 0.25) is 0 Å². The minimum atomic E-state index is -2.18. The van der Waals surface area contributed by atoms with E-state index in [0.717, 1.165) is 28.3 Å². The predicted octanol–water partition coefficient (Wildman–Crippen LogP) is 9.94. The van der Waals surface area contributed by atoms with Crippen molar-refractivity contribution in [2.45, 2.75) is 39.9 Å². The van der Waals surface area contributed by atoms with Crippen LogP contribution >= 0.6 is 0 Å². The standard InChI is InChI=1S/C25H20NO.C13H12N.Ir/c1-25(2,3)17-13-14-26-21(15-17)20-11-6-10-19-18-9-4-7-16-8-5-12-22(23(16)18)27-24(19)20;1-10-3-6-12(7-4-10)13-8-5-11(2)9-14-13;/h4-10,12-15H,1-3H3;3-6,8-9H,1-2H3;/q2*-1;/i;1D3,2D3;. The molecule has 3 heterocycles. The van der Waals surface area contributed by atoms with E-state index >= 15 is 0 Å². The molecule has 0 atom stereocenters. The Morgan fingerprint density at radius 2 is 1.60 bits per heavy atom. The fraction of sp³-hybridized carbons (Fsp3) is 0.158. The van der Waals surface area contributed by atoms with Crippen molar-refractivity contribution in [2.75, 3.05) is 0 Å². The van der Waals surface area contributed by atoms with Crippen LogP contribution in [-0.2, 0) is 25.5 Å². The fourth-order valence-electron chi connectivity index (χ4n) is 4.89. The summed E-state index contributed by atoms with van der Waals surface area (Å²) in [6, 6.07) is 34.7. The van der Waals surface area contributed by atoms with Gasteiger partial charge >= 0.3 is 0 Å². The molecule has 1 aliphatic rings. The van der Waals surface area contributed by atoms with E-state index in [1.165, 1.54) is 46.3 Å². The molecule has 0 saturated heterocycles. The molecule has 0 amide bonds. The molecule has 2 aromatic heterocycles. The van der Waals surface area contributed by atoms with E-state index in [2.05, 4.69) is 85.3 Å². The molecule has 0 saturated carbocycles. The number of hydrogen-bond acceptors (Lipinski definition) is 3.